The van der Waals surface area contributed by atoms with Crippen LogP contribution in [0.15, 0.2) is 30.6 Å². The normalized spacial score (nSPS) is 15.8. The summed E-state index contributed by atoms with van der Waals surface area (Å²) in [5, 5.41) is 0.803. The molecule has 0 radical (unpaired) electrons. The average Bonchev–Trinajstić information content (AvgIpc) is 3.34. The molecule has 1 saturated carbocycles. The Bertz CT molecular complexity index is 650. The van der Waals surface area contributed by atoms with E-state index in [0.29, 0.717) is 5.92 Å². The second-order valence-corrected chi connectivity index (χ2v) is 6.26. The van der Waals surface area contributed by atoms with E-state index < -0.39 is 0 Å². The molecule has 1 aromatic carbocycles. The van der Waals surface area contributed by atoms with Crippen LogP contribution in [0.25, 0.3) is 11.1 Å². The van der Waals surface area contributed by atoms with Crippen molar-refractivity contribution in [3.63, 3.8) is 0 Å². The van der Waals surface area contributed by atoms with Crippen molar-refractivity contribution in [2.45, 2.75) is 32.6 Å². The van der Waals surface area contributed by atoms with Gasteiger partial charge in [-0.05, 0) is 54.9 Å². The number of pyridine rings is 1. The van der Waals surface area contributed by atoms with Gasteiger partial charge in [0.15, 0.2) is 0 Å². The molecule has 0 N–H and O–H groups in total. The Kier molecular flexibility index (Phi) is 3.90. The third-order valence-electron chi connectivity index (χ3n) is 4.48. The summed E-state index contributed by atoms with van der Waals surface area (Å²) >= 11 is 6.49. The Balaban J connectivity index is 2.21. The highest BCUT2D eigenvalue weighted by atomic mass is 35.5. The summed E-state index contributed by atoms with van der Waals surface area (Å²) < 4.78 is 5.78. The van der Waals surface area contributed by atoms with Crippen LogP contribution in [0.3, 0.4) is 0 Å². The van der Waals surface area contributed by atoms with Gasteiger partial charge in [0.05, 0.1) is 7.11 Å². The summed E-state index contributed by atoms with van der Waals surface area (Å²) in [7, 11) is 1.74. The average molecular weight is 302 g/mol. The van der Waals surface area contributed by atoms with Gasteiger partial charge in [0.1, 0.15) is 5.75 Å². The van der Waals surface area contributed by atoms with E-state index in [1.165, 1.54) is 18.4 Å². The minimum absolute atomic E-state index is 0.480. The minimum atomic E-state index is 0.480. The van der Waals surface area contributed by atoms with Gasteiger partial charge < -0.3 is 4.74 Å². The molecule has 1 aliphatic rings. The van der Waals surface area contributed by atoms with Crippen LogP contribution >= 0.6 is 11.6 Å². The summed E-state index contributed by atoms with van der Waals surface area (Å²) in [6.45, 7) is 4.31. The summed E-state index contributed by atoms with van der Waals surface area (Å²) in [5.41, 5.74) is 4.39. The first-order valence-electron chi connectivity index (χ1n) is 7.40. The van der Waals surface area contributed by atoms with Crippen molar-refractivity contribution in [1.82, 2.24) is 4.98 Å². The number of rotatable bonds is 4. The smallest absolute Gasteiger partial charge is 0.130 e. The van der Waals surface area contributed by atoms with Crippen LogP contribution in [0, 0.1) is 12.8 Å². The maximum atomic E-state index is 6.49. The zero-order valence-corrected chi connectivity index (χ0v) is 13.4. The number of benzene rings is 1. The first kappa shape index (κ1) is 14.4. The predicted octanol–water partition coefficient (Wildman–Crippen LogP) is 5.23. The van der Waals surface area contributed by atoms with Crippen molar-refractivity contribution in [1.29, 1.82) is 0 Å². The topological polar surface area (TPSA) is 22.1 Å². The molecule has 110 valence electrons. The number of nitrogens with zero attached hydrogens (tertiary/aromatic N) is 1. The number of methoxy groups -OCH3 is 1. The number of ether oxygens (including phenoxy) is 1. The highest BCUT2D eigenvalue weighted by molar-refractivity contribution is 6.32. The Morgan fingerprint density at radius 2 is 2.14 bits per heavy atom. The van der Waals surface area contributed by atoms with Crippen molar-refractivity contribution >= 4 is 11.6 Å². The molecule has 21 heavy (non-hydrogen) atoms. The molecular formula is C18H20ClNO. The van der Waals surface area contributed by atoms with Crippen LogP contribution < -0.4 is 4.74 Å². The lowest BCUT2D eigenvalue weighted by Crippen LogP contribution is -2.03. The maximum absolute atomic E-state index is 6.49. The summed E-state index contributed by atoms with van der Waals surface area (Å²) in [6, 6.07) is 6.08. The zero-order valence-electron chi connectivity index (χ0n) is 12.7. The predicted molar refractivity (Wildman–Crippen MR) is 87.1 cm³/mol. The summed E-state index contributed by atoms with van der Waals surface area (Å²) in [6.07, 6.45) is 6.26. The van der Waals surface area contributed by atoms with E-state index in [-0.39, 0.29) is 0 Å². The van der Waals surface area contributed by atoms with Crippen molar-refractivity contribution in [3.8, 4) is 16.9 Å². The van der Waals surface area contributed by atoms with Crippen LogP contribution in [0.1, 0.15) is 36.8 Å². The molecule has 2 aromatic rings. The van der Waals surface area contributed by atoms with Crippen LogP contribution in [-0.4, -0.2) is 12.1 Å². The van der Waals surface area contributed by atoms with Gasteiger partial charge in [-0.1, -0.05) is 24.6 Å². The van der Waals surface area contributed by atoms with E-state index in [1.54, 1.807) is 13.3 Å². The molecule has 1 aliphatic carbocycles. The molecule has 0 aliphatic heterocycles. The third-order valence-corrected chi connectivity index (χ3v) is 4.87. The standard InChI is InChI=1S/C18H20ClNO/c1-11(13-6-7-13)15-9-16(19)12(2)17(18(15)21-3)14-5-4-8-20-10-14/h4-5,8-11,13H,6-7H2,1-3H3. The fraction of sp³-hybridized carbons (Fsp3) is 0.389. The Labute approximate surface area is 131 Å². The molecule has 1 atom stereocenters. The molecule has 3 heteroatoms. The molecule has 1 heterocycles. The Hall–Kier alpha value is -1.54. The quantitative estimate of drug-likeness (QED) is 0.771. The molecule has 0 bridgehead atoms. The van der Waals surface area contributed by atoms with Crippen LogP contribution in [0.2, 0.25) is 5.02 Å². The van der Waals surface area contributed by atoms with Crippen molar-refractivity contribution in [3.05, 3.63) is 46.7 Å². The number of halogens is 1. The molecule has 0 spiro atoms. The number of hydrogen-bond donors (Lipinski definition) is 0. The molecule has 3 rings (SSSR count). The van der Waals surface area contributed by atoms with Gasteiger partial charge >= 0.3 is 0 Å². The second-order valence-electron chi connectivity index (χ2n) is 5.85. The van der Waals surface area contributed by atoms with Gasteiger partial charge in [-0.15, -0.1) is 0 Å². The maximum Gasteiger partial charge on any atom is 0.130 e. The highest BCUT2D eigenvalue weighted by Gasteiger charge is 2.32. The van der Waals surface area contributed by atoms with Crippen molar-refractivity contribution in [2.24, 2.45) is 5.92 Å². The monoisotopic (exact) mass is 301 g/mol. The van der Waals surface area contributed by atoms with E-state index in [4.69, 9.17) is 16.3 Å². The lowest BCUT2D eigenvalue weighted by atomic mass is 9.89. The SMILES string of the molecule is COc1c(C(C)C2CC2)cc(Cl)c(C)c1-c1cccnc1. The molecule has 1 aromatic heterocycles. The molecule has 0 amide bonds. The first-order valence-corrected chi connectivity index (χ1v) is 7.78. The van der Waals surface area contributed by atoms with Crippen LogP contribution in [-0.2, 0) is 0 Å². The van der Waals surface area contributed by atoms with Gasteiger partial charge in [0, 0.05) is 28.5 Å². The van der Waals surface area contributed by atoms with E-state index in [9.17, 15) is 0 Å². The fourth-order valence-electron chi connectivity index (χ4n) is 3.01. The molecule has 1 fully saturated rings. The lowest BCUT2D eigenvalue weighted by Gasteiger charge is -2.21. The van der Waals surface area contributed by atoms with E-state index in [1.807, 2.05) is 19.2 Å². The van der Waals surface area contributed by atoms with Crippen LogP contribution in [0.5, 0.6) is 5.75 Å². The van der Waals surface area contributed by atoms with Crippen molar-refractivity contribution < 1.29 is 4.74 Å². The largest absolute Gasteiger partial charge is 0.496 e. The highest BCUT2D eigenvalue weighted by Crippen LogP contribution is 2.49. The Morgan fingerprint density at radius 3 is 2.71 bits per heavy atom. The van der Waals surface area contributed by atoms with Crippen LogP contribution in [0.4, 0.5) is 0 Å². The fourth-order valence-corrected chi connectivity index (χ4v) is 3.22. The number of hydrogen-bond acceptors (Lipinski definition) is 2. The second kappa shape index (κ2) is 5.69. The summed E-state index contributed by atoms with van der Waals surface area (Å²) in [5.74, 6) is 2.19. The van der Waals surface area contributed by atoms with Gasteiger partial charge in [-0.2, -0.15) is 0 Å². The zero-order chi connectivity index (χ0) is 15.0. The Morgan fingerprint density at radius 1 is 1.38 bits per heavy atom. The molecule has 1 unspecified atom stereocenters. The molecule has 2 nitrogen and oxygen atoms in total. The number of aromatic nitrogens is 1. The lowest BCUT2D eigenvalue weighted by molar-refractivity contribution is 0.405. The van der Waals surface area contributed by atoms with Gasteiger partial charge in [-0.25, -0.2) is 0 Å². The van der Waals surface area contributed by atoms with Gasteiger partial charge in [0.2, 0.25) is 0 Å². The first-order chi connectivity index (χ1) is 10.1. The molecule has 0 saturated heterocycles. The van der Waals surface area contributed by atoms with Crippen molar-refractivity contribution in [2.75, 3.05) is 7.11 Å². The van der Waals surface area contributed by atoms with E-state index in [2.05, 4.69) is 24.0 Å². The third kappa shape index (κ3) is 2.65. The van der Waals surface area contributed by atoms with Gasteiger partial charge in [0.25, 0.3) is 0 Å². The van der Waals surface area contributed by atoms with E-state index >= 15 is 0 Å². The van der Waals surface area contributed by atoms with E-state index in [0.717, 1.165) is 33.4 Å². The minimum Gasteiger partial charge on any atom is -0.496 e. The summed E-state index contributed by atoms with van der Waals surface area (Å²) in [4.78, 5) is 4.23. The van der Waals surface area contributed by atoms with Gasteiger partial charge in [-0.3, -0.25) is 4.98 Å². The molecular weight excluding hydrogens is 282 g/mol.